The van der Waals surface area contributed by atoms with Crippen LogP contribution in [0.15, 0.2) is 71.8 Å². The molecule has 1 aromatic heterocycles. The number of nitrogens with one attached hydrogen (secondary N) is 2. The lowest BCUT2D eigenvalue weighted by Gasteiger charge is -2.20. The van der Waals surface area contributed by atoms with Gasteiger partial charge in [-0.1, -0.05) is 73.4 Å². The van der Waals surface area contributed by atoms with Crippen molar-refractivity contribution in [2.24, 2.45) is 11.0 Å². The van der Waals surface area contributed by atoms with Gasteiger partial charge in [0.2, 0.25) is 0 Å². The summed E-state index contributed by atoms with van der Waals surface area (Å²) in [7, 11) is 0. The number of carbonyl (C=O) groups excluding carboxylic acids is 2. The Kier molecular flexibility index (Phi) is 8.70. The van der Waals surface area contributed by atoms with Crippen LogP contribution in [0.5, 0.6) is 0 Å². The monoisotopic (exact) mass is 559 g/mol. The fourth-order valence-electron chi connectivity index (χ4n) is 4.39. The number of aromatic nitrogens is 1. The lowest BCUT2D eigenvalue weighted by molar-refractivity contribution is -0.123. The van der Waals surface area contributed by atoms with Gasteiger partial charge in [-0.15, -0.1) is 0 Å². The van der Waals surface area contributed by atoms with Crippen LogP contribution in [0.2, 0.25) is 10.0 Å². The molecule has 1 unspecified atom stereocenters. The first-order chi connectivity index (χ1) is 18.7. The zero-order valence-corrected chi connectivity index (χ0v) is 23.2. The van der Waals surface area contributed by atoms with Crippen molar-refractivity contribution in [3.63, 3.8) is 0 Å². The number of halogens is 2. The Morgan fingerprint density at radius 2 is 1.77 bits per heavy atom. The van der Waals surface area contributed by atoms with Gasteiger partial charge in [-0.05, 0) is 48.7 Å². The van der Waals surface area contributed by atoms with Crippen LogP contribution in [-0.2, 0) is 11.3 Å². The normalized spacial score (nSPS) is 12.0. The highest BCUT2D eigenvalue weighted by Crippen LogP contribution is 2.26. The predicted molar refractivity (Wildman–Crippen MR) is 155 cm³/mol. The highest BCUT2D eigenvalue weighted by atomic mass is 35.5. The molecule has 4 rings (SSSR count). The van der Waals surface area contributed by atoms with Gasteiger partial charge in [-0.3, -0.25) is 9.59 Å². The highest BCUT2D eigenvalue weighted by molar-refractivity contribution is 6.42. The number of hydrogen-bond acceptors (Lipinski definition) is 4. The van der Waals surface area contributed by atoms with Crippen LogP contribution >= 0.6 is 23.2 Å². The molecule has 7 nitrogen and oxygen atoms in total. The number of hydrazone groups is 1. The molecule has 1 heterocycles. The van der Waals surface area contributed by atoms with E-state index < -0.39 is 17.9 Å². The van der Waals surface area contributed by atoms with E-state index in [-0.39, 0.29) is 10.9 Å². The van der Waals surface area contributed by atoms with Gasteiger partial charge in [0.05, 0.1) is 27.9 Å². The maximum atomic E-state index is 13.0. The standard InChI is InChI=1S/C30H27Cl2N5O2/c1-18(2)28(35-29(38)20-12-13-25(31)26(32)14-20)30(39)36-34-16-24-19(3)37(27-11-7-6-10-23(24)27)17-22-9-5-4-8-21(22)15-33/h4-14,16,18,28H,17H2,1-3H3,(H,35,38)(H,36,39)/b34-16-. The lowest BCUT2D eigenvalue weighted by Crippen LogP contribution is -2.48. The van der Waals surface area contributed by atoms with Crippen LogP contribution < -0.4 is 10.7 Å². The first-order valence-electron chi connectivity index (χ1n) is 12.4. The van der Waals surface area contributed by atoms with Gasteiger partial charge in [-0.2, -0.15) is 10.4 Å². The smallest absolute Gasteiger partial charge is 0.262 e. The first-order valence-corrected chi connectivity index (χ1v) is 13.1. The number of carbonyl (C=O) groups is 2. The van der Waals surface area contributed by atoms with Crippen molar-refractivity contribution < 1.29 is 9.59 Å². The first kappa shape index (κ1) is 27.9. The third kappa shape index (κ3) is 6.14. The molecular formula is C30H27Cl2N5O2. The minimum absolute atomic E-state index is 0.198. The van der Waals surface area contributed by atoms with Gasteiger partial charge in [0, 0.05) is 34.3 Å². The number of fused-ring (bicyclic) bond motifs is 1. The van der Waals surface area contributed by atoms with Crippen LogP contribution in [0.3, 0.4) is 0 Å². The summed E-state index contributed by atoms with van der Waals surface area (Å²) >= 11 is 12.0. The van der Waals surface area contributed by atoms with Gasteiger partial charge >= 0.3 is 0 Å². The fraction of sp³-hybridized carbons (Fsp3) is 0.200. The molecule has 0 bridgehead atoms. The van der Waals surface area contributed by atoms with Crippen LogP contribution in [-0.4, -0.2) is 28.6 Å². The van der Waals surface area contributed by atoms with Crippen molar-refractivity contribution in [2.45, 2.75) is 33.4 Å². The quantitative estimate of drug-likeness (QED) is 0.202. The third-order valence-corrected chi connectivity index (χ3v) is 7.27. The fourth-order valence-corrected chi connectivity index (χ4v) is 4.69. The number of nitriles is 1. The van der Waals surface area contributed by atoms with Gasteiger partial charge in [0.1, 0.15) is 6.04 Å². The summed E-state index contributed by atoms with van der Waals surface area (Å²) in [6, 6.07) is 21.4. The molecule has 0 fully saturated rings. The maximum absolute atomic E-state index is 13.0. The van der Waals surface area contributed by atoms with Crippen LogP contribution in [0, 0.1) is 24.2 Å². The van der Waals surface area contributed by atoms with Crippen molar-refractivity contribution in [2.75, 3.05) is 0 Å². The number of benzene rings is 3. The Labute approximate surface area is 237 Å². The van der Waals surface area contributed by atoms with Crippen LogP contribution in [0.1, 0.15) is 46.6 Å². The Morgan fingerprint density at radius 3 is 2.49 bits per heavy atom. The zero-order chi connectivity index (χ0) is 28.1. The van der Waals surface area contributed by atoms with E-state index in [2.05, 4.69) is 26.5 Å². The molecular weight excluding hydrogens is 533 g/mol. The number of hydrogen-bond donors (Lipinski definition) is 2. The summed E-state index contributed by atoms with van der Waals surface area (Å²) in [6.45, 7) is 6.17. The summed E-state index contributed by atoms with van der Waals surface area (Å²) in [6.07, 6.45) is 1.61. The molecule has 0 saturated carbocycles. The molecule has 198 valence electrons. The Morgan fingerprint density at radius 1 is 1.05 bits per heavy atom. The second-order valence-electron chi connectivity index (χ2n) is 9.43. The van der Waals surface area contributed by atoms with E-state index in [1.165, 1.54) is 12.1 Å². The van der Waals surface area contributed by atoms with Gasteiger partial charge in [0.25, 0.3) is 11.8 Å². The summed E-state index contributed by atoms with van der Waals surface area (Å²) < 4.78 is 2.13. The Hall–Kier alpha value is -4.12. The van der Waals surface area contributed by atoms with E-state index in [4.69, 9.17) is 23.2 Å². The van der Waals surface area contributed by atoms with Crippen molar-refractivity contribution in [3.05, 3.63) is 105 Å². The van der Waals surface area contributed by atoms with Crippen molar-refractivity contribution >= 4 is 52.1 Å². The Bertz CT molecular complexity index is 1620. The topological polar surface area (TPSA) is 99.3 Å². The maximum Gasteiger partial charge on any atom is 0.262 e. The number of para-hydroxylation sites is 1. The molecule has 0 radical (unpaired) electrons. The molecule has 39 heavy (non-hydrogen) atoms. The van der Waals surface area contributed by atoms with Crippen LogP contribution in [0.4, 0.5) is 0 Å². The van der Waals surface area contributed by atoms with Crippen LogP contribution in [0.25, 0.3) is 10.9 Å². The SMILES string of the molecule is Cc1c(/C=N\NC(=O)C(NC(=O)c2ccc(Cl)c(Cl)c2)C(C)C)c2ccccc2n1Cc1ccccc1C#N. The number of rotatable bonds is 8. The molecule has 3 aromatic carbocycles. The molecule has 0 aliphatic carbocycles. The molecule has 9 heteroatoms. The second kappa shape index (κ2) is 12.2. The minimum atomic E-state index is -0.825. The largest absolute Gasteiger partial charge is 0.340 e. The predicted octanol–water partition coefficient (Wildman–Crippen LogP) is 6.08. The molecule has 1 atom stereocenters. The number of nitrogens with zero attached hydrogens (tertiary/aromatic N) is 3. The summed E-state index contributed by atoms with van der Waals surface area (Å²) in [5, 5.41) is 18.1. The van der Waals surface area contributed by atoms with Crippen molar-refractivity contribution in [1.29, 1.82) is 5.26 Å². The Balaban J connectivity index is 1.55. The van der Waals surface area contributed by atoms with E-state index in [1.54, 1.807) is 18.3 Å². The molecule has 0 aliphatic heterocycles. The second-order valence-corrected chi connectivity index (χ2v) is 10.2. The molecule has 0 saturated heterocycles. The van der Waals surface area contributed by atoms with E-state index in [0.29, 0.717) is 22.7 Å². The van der Waals surface area contributed by atoms with Crippen molar-refractivity contribution in [3.8, 4) is 6.07 Å². The molecule has 0 spiro atoms. The van der Waals surface area contributed by atoms with Gasteiger partial charge in [0.15, 0.2) is 0 Å². The van der Waals surface area contributed by atoms with E-state index >= 15 is 0 Å². The van der Waals surface area contributed by atoms with E-state index in [9.17, 15) is 14.9 Å². The number of amides is 2. The van der Waals surface area contributed by atoms with E-state index in [0.717, 1.165) is 27.7 Å². The van der Waals surface area contributed by atoms with Gasteiger partial charge in [-0.25, -0.2) is 5.43 Å². The lowest BCUT2D eigenvalue weighted by atomic mass is 10.0. The van der Waals surface area contributed by atoms with E-state index in [1.807, 2.05) is 63.2 Å². The molecule has 4 aromatic rings. The zero-order valence-electron chi connectivity index (χ0n) is 21.7. The van der Waals surface area contributed by atoms with Gasteiger partial charge < -0.3 is 9.88 Å². The summed E-state index contributed by atoms with van der Waals surface area (Å²) in [4.78, 5) is 25.8. The average molecular weight is 560 g/mol. The molecule has 2 amide bonds. The average Bonchev–Trinajstić information content (AvgIpc) is 3.19. The van der Waals surface area contributed by atoms with Crippen molar-refractivity contribution in [1.82, 2.24) is 15.3 Å². The highest BCUT2D eigenvalue weighted by Gasteiger charge is 2.25. The third-order valence-electron chi connectivity index (χ3n) is 6.53. The summed E-state index contributed by atoms with van der Waals surface area (Å²) in [5.41, 5.74) is 7.19. The molecule has 0 aliphatic rings. The summed E-state index contributed by atoms with van der Waals surface area (Å²) in [5.74, 6) is -1.09. The molecule has 2 N–H and O–H groups in total. The minimum Gasteiger partial charge on any atom is -0.340 e.